The molecule has 0 saturated heterocycles. The molecule has 2 N–H and O–H groups in total. The Bertz CT molecular complexity index is 644. The highest BCUT2D eigenvalue weighted by Crippen LogP contribution is 2.24. The van der Waals surface area contributed by atoms with E-state index >= 15 is 0 Å². The predicted octanol–water partition coefficient (Wildman–Crippen LogP) is 3.91. The summed E-state index contributed by atoms with van der Waals surface area (Å²) < 4.78 is 13.6. The van der Waals surface area contributed by atoms with E-state index in [1.165, 1.54) is 18.2 Å². The Balaban J connectivity index is 2.50. The van der Waals surface area contributed by atoms with E-state index in [0.717, 1.165) is 0 Å². The van der Waals surface area contributed by atoms with Crippen LogP contribution >= 0.6 is 11.6 Å². The van der Waals surface area contributed by atoms with Crippen molar-refractivity contribution >= 4 is 23.1 Å². The minimum atomic E-state index is -0.292. The van der Waals surface area contributed by atoms with E-state index in [1.54, 1.807) is 26.0 Å². The smallest absolute Gasteiger partial charge is 0.194 e. The SMILES string of the molecule is Cc1cc(C(=O)c2ccc(N)cc2Cl)cc(C)c1F. The highest BCUT2D eigenvalue weighted by molar-refractivity contribution is 6.35. The fourth-order valence-corrected chi connectivity index (χ4v) is 2.22. The molecule has 0 heterocycles. The third kappa shape index (κ3) is 2.61. The second kappa shape index (κ2) is 5.02. The maximum atomic E-state index is 13.6. The third-order valence-electron chi connectivity index (χ3n) is 2.94. The number of nitrogens with two attached hydrogens (primary N) is 1. The fourth-order valence-electron chi connectivity index (χ4n) is 1.95. The number of benzene rings is 2. The summed E-state index contributed by atoms with van der Waals surface area (Å²) in [6.07, 6.45) is 0. The van der Waals surface area contributed by atoms with Crippen LogP contribution in [0, 0.1) is 19.7 Å². The van der Waals surface area contributed by atoms with Gasteiger partial charge in [-0.25, -0.2) is 4.39 Å². The normalized spacial score (nSPS) is 10.5. The number of hydrogen-bond donors (Lipinski definition) is 1. The number of anilines is 1. The van der Waals surface area contributed by atoms with Crippen LogP contribution in [0.1, 0.15) is 27.0 Å². The lowest BCUT2D eigenvalue weighted by Crippen LogP contribution is -2.05. The Hall–Kier alpha value is -1.87. The first-order valence-corrected chi connectivity index (χ1v) is 6.14. The molecule has 2 aromatic carbocycles. The highest BCUT2D eigenvalue weighted by Gasteiger charge is 2.15. The number of ketones is 1. The molecule has 0 saturated carbocycles. The van der Waals surface area contributed by atoms with Crippen LogP contribution in [0.25, 0.3) is 0 Å². The van der Waals surface area contributed by atoms with Crippen molar-refractivity contribution in [3.05, 3.63) is 63.4 Å². The molecule has 0 radical (unpaired) electrons. The molecular formula is C15H13ClFNO. The summed E-state index contributed by atoms with van der Waals surface area (Å²) in [5.41, 5.74) is 7.74. The van der Waals surface area contributed by atoms with Crippen LogP contribution in [0.15, 0.2) is 30.3 Å². The monoisotopic (exact) mass is 277 g/mol. The summed E-state index contributed by atoms with van der Waals surface area (Å²) >= 11 is 6.01. The summed E-state index contributed by atoms with van der Waals surface area (Å²) in [7, 11) is 0. The molecule has 0 unspecified atom stereocenters. The largest absolute Gasteiger partial charge is 0.399 e. The summed E-state index contributed by atoms with van der Waals surface area (Å²) in [6.45, 7) is 3.26. The second-order valence-electron chi connectivity index (χ2n) is 4.49. The summed E-state index contributed by atoms with van der Waals surface area (Å²) in [5, 5.41) is 0.296. The number of aryl methyl sites for hydroxylation is 2. The number of hydrogen-bond acceptors (Lipinski definition) is 2. The van der Waals surface area contributed by atoms with E-state index in [1.807, 2.05) is 0 Å². The van der Waals surface area contributed by atoms with Gasteiger partial charge in [-0.3, -0.25) is 4.79 Å². The van der Waals surface area contributed by atoms with E-state index in [2.05, 4.69) is 0 Å². The minimum Gasteiger partial charge on any atom is -0.399 e. The van der Waals surface area contributed by atoms with Gasteiger partial charge in [0.2, 0.25) is 0 Å². The van der Waals surface area contributed by atoms with Gasteiger partial charge in [-0.05, 0) is 55.3 Å². The zero-order valence-electron chi connectivity index (χ0n) is 10.6. The molecular weight excluding hydrogens is 265 g/mol. The maximum absolute atomic E-state index is 13.6. The first-order chi connectivity index (χ1) is 8.90. The number of rotatable bonds is 2. The van der Waals surface area contributed by atoms with E-state index in [4.69, 9.17) is 17.3 Å². The molecule has 0 aromatic heterocycles. The van der Waals surface area contributed by atoms with Crippen molar-refractivity contribution in [3.63, 3.8) is 0 Å². The topological polar surface area (TPSA) is 43.1 Å². The number of carbonyl (C=O) groups is 1. The average Bonchev–Trinajstić information content (AvgIpc) is 2.34. The van der Waals surface area contributed by atoms with Gasteiger partial charge in [-0.2, -0.15) is 0 Å². The summed E-state index contributed by atoms with van der Waals surface area (Å²) in [4.78, 5) is 12.3. The van der Waals surface area contributed by atoms with Crippen LogP contribution in [0.5, 0.6) is 0 Å². The number of nitrogen functional groups attached to an aromatic ring is 1. The van der Waals surface area contributed by atoms with E-state index in [0.29, 0.717) is 33.0 Å². The molecule has 0 aliphatic heterocycles. The van der Waals surface area contributed by atoms with Crippen molar-refractivity contribution in [3.8, 4) is 0 Å². The summed E-state index contributed by atoms with van der Waals surface area (Å²) in [6, 6.07) is 7.77. The van der Waals surface area contributed by atoms with Gasteiger partial charge < -0.3 is 5.73 Å². The molecule has 0 aliphatic rings. The van der Waals surface area contributed by atoms with Gasteiger partial charge in [0.15, 0.2) is 5.78 Å². The molecule has 0 spiro atoms. The lowest BCUT2D eigenvalue weighted by atomic mass is 9.99. The van der Waals surface area contributed by atoms with Gasteiger partial charge in [-0.1, -0.05) is 11.6 Å². The van der Waals surface area contributed by atoms with Gasteiger partial charge >= 0.3 is 0 Å². The molecule has 98 valence electrons. The van der Waals surface area contributed by atoms with Crippen LogP contribution in [0.4, 0.5) is 10.1 Å². The number of halogens is 2. The van der Waals surface area contributed by atoms with Crippen LogP contribution in [0.2, 0.25) is 5.02 Å². The van der Waals surface area contributed by atoms with Crippen molar-refractivity contribution < 1.29 is 9.18 Å². The summed E-state index contributed by atoms with van der Waals surface area (Å²) in [5.74, 6) is -0.531. The Labute approximate surface area is 116 Å². The first kappa shape index (κ1) is 13.6. The zero-order valence-corrected chi connectivity index (χ0v) is 11.4. The highest BCUT2D eigenvalue weighted by atomic mass is 35.5. The maximum Gasteiger partial charge on any atom is 0.194 e. The van der Waals surface area contributed by atoms with Gasteiger partial charge in [0.05, 0.1) is 5.02 Å². The molecule has 0 atom stereocenters. The van der Waals surface area contributed by atoms with E-state index < -0.39 is 0 Å². The third-order valence-corrected chi connectivity index (χ3v) is 3.25. The molecule has 0 fully saturated rings. The van der Waals surface area contributed by atoms with Crippen molar-refractivity contribution in [2.75, 3.05) is 5.73 Å². The quantitative estimate of drug-likeness (QED) is 0.668. The van der Waals surface area contributed by atoms with Gasteiger partial charge in [0.25, 0.3) is 0 Å². The molecule has 0 aliphatic carbocycles. The molecule has 4 heteroatoms. The lowest BCUT2D eigenvalue weighted by molar-refractivity contribution is 0.103. The Morgan fingerprint density at radius 1 is 1.16 bits per heavy atom. The van der Waals surface area contributed by atoms with Crippen LogP contribution < -0.4 is 5.73 Å². The van der Waals surface area contributed by atoms with Crippen molar-refractivity contribution in [2.45, 2.75) is 13.8 Å². The number of carbonyl (C=O) groups excluding carboxylic acids is 1. The van der Waals surface area contributed by atoms with Crippen LogP contribution in [-0.4, -0.2) is 5.78 Å². The molecule has 0 bridgehead atoms. The average molecular weight is 278 g/mol. The van der Waals surface area contributed by atoms with E-state index in [9.17, 15) is 9.18 Å². The minimum absolute atomic E-state index is 0.240. The van der Waals surface area contributed by atoms with Crippen LogP contribution in [-0.2, 0) is 0 Å². The van der Waals surface area contributed by atoms with Gasteiger partial charge in [0.1, 0.15) is 5.82 Å². The molecule has 0 amide bonds. The standard InChI is InChI=1S/C15H13ClFNO/c1-8-5-10(6-9(2)14(8)17)15(19)12-4-3-11(18)7-13(12)16/h3-7H,18H2,1-2H3. The first-order valence-electron chi connectivity index (χ1n) is 5.76. The Morgan fingerprint density at radius 2 is 1.74 bits per heavy atom. The Morgan fingerprint density at radius 3 is 2.26 bits per heavy atom. The van der Waals surface area contributed by atoms with E-state index in [-0.39, 0.29) is 11.6 Å². The van der Waals surface area contributed by atoms with Crippen molar-refractivity contribution in [2.24, 2.45) is 0 Å². The van der Waals surface area contributed by atoms with Gasteiger partial charge in [0, 0.05) is 16.8 Å². The van der Waals surface area contributed by atoms with Gasteiger partial charge in [-0.15, -0.1) is 0 Å². The van der Waals surface area contributed by atoms with Crippen molar-refractivity contribution in [1.82, 2.24) is 0 Å². The molecule has 2 aromatic rings. The Kier molecular flexibility index (Phi) is 3.58. The van der Waals surface area contributed by atoms with Crippen molar-refractivity contribution in [1.29, 1.82) is 0 Å². The molecule has 2 rings (SSSR count). The molecule has 2 nitrogen and oxygen atoms in total. The zero-order chi connectivity index (χ0) is 14.2. The lowest BCUT2D eigenvalue weighted by Gasteiger charge is -2.08. The molecule has 19 heavy (non-hydrogen) atoms. The fraction of sp³-hybridized carbons (Fsp3) is 0.133. The predicted molar refractivity (Wildman–Crippen MR) is 75.2 cm³/mol. The van der Waals surface area contributed by atoms with Crippen LogP contribution in [0.3, 0.4) is 0 Å². The second-order valence-corrected chi connectivity index (χ2v) is 4.90.